The number of benzene rings is 6. The molecule has 0 unspecified atom stereocenters. The molecule has 0 spiro atoms. The maximum Gasteiger partial charge on any atom is 0.0379 e. The molecule has 0 aliphatic rings. The van der Waals surface area contributed by atoms with Gasteiger partial charge >= 0.3 is 0 Å². The topological polar surface area (TPSA) is 0 Å². The highest BCUT2D eigenvalue weighted by Crippen LogP contribution is 2.50. The van der Waals surface area contributed by atoms with Gasteiger partial charge < -0.3 is 0 Å². The van der Waals surface area contributed by atoms with Gasteiger partial charge in [0.1, 0.15) is 0 Å². The molecule has 0 amide bonds. The van der Waals surface area contributed by atoms with E-state index in [1.807, 2.05) is 21.6 Å². The molecule has 0 aliphatic heterocycles. The SMILES string of the molecule is Cc1ccccc1-c1ccc([C@@H](C)SS[C@H](C)c2ccc(-c3ccccc3C)cc2-c2ccccc2C)c(-c2ccccc2C)c1. The minimum absolute atomic E-state index is 0.307. The van der Waals surface area contributed by atoms with Crippen molar-refractivity contribution in [3.05, 3.63) is 167 Å². The number of hydrogen-bond acceptors (Lipinski definition) is 2. The first-order valence-electron chi connectivity index (χ1n) is 16.2. The Bertz CT molecular complexity index is 1840. The van der Waals surface area contributed by atoms with Gasteiger partial charge in [-0.1, -0.05) is 143 Å². The fourth-order valence-corrected chi connectivity index (χ4v) is 9.01. The molecule has 0 nitrogen and oxygen atoms in total. The fourth-order valence-electron chi connectivity index (χ4n) is 6.44. The van der Waals surface area contributed by atoms with Gasteiger partial charge in [0.25, 0.3) is 0 Å². The molecule has 0 radical (unpaired) electrons. The van der Waals surface area contributed by atoms with Gasteiger partial charge in [-0.15, -0.1) is 0 Å². The van der Waals surface area contributed by atoms with E-state index in [0.717, 1.165) is 0 Å². The number of hydrogen-bond donors (Lipinski definition) is 0. The molecular weight excluding hydrogens is 593 g/mol. The molecule has 46 heavy (non-hydrogen) atoms. The zero-order chi connectivity index (χ0) is 32.2. The van der Waals surface area contributed by atoms with E-state index < -0.39 is 0 Å². The van der Waals surface area contributed by atoms with Crippen LogP contribution in [-0.2, 0) is 0 Å². The van der Waals surface area contributed by atoms with Crippen molar-refractivity contribution in [1.82, 2.24) is 0 Å². The summed E-state index contributed by atoms with van der Waals surface area (Å²) < 4.78 is 0. The molecule has 6 rings (SSSR count). The molecule has 0 aromatic heterocycles. The van der Waals surface area contributed by atoms with Gasteiger partial charge in [-0.2, -0.15) is 0 Å². The lowest BCUT2D eigenvalue weighted by atomic mass is 9.90. The molecule has 0 aliphatic carbocycles. The molecule has 2 heteroatoms. The van der Waals surface area contributed by atoms with Crippen molar-refractivity contribution in [2.24, 2.45) is 0 Å². The molecule has 6 aromatic rings. The van der Waals surface area contributed by atoms with E-state index in [4.69, 9.17) is 0 Å². The largest absolute Gasteiger partial charge is 0.0856 e. The third-order valence-electron chi connectivity index (χ3n) is 9.11. The predicted octanol–water partition coefficient (Wildman–Crippen LogP) is 13.8. The van der Waals surface area contributed by atoms with Crippen LogP contribution in [0.2, 0.25) is 0 Å². The van der Waals surface area contributed by atoms with Crippen LogP contribution in [0.4, 0.5) is 0 Å². The van der Waals surface area contributed by atoms with Gasteiger partial charge in [0.05, 0.1) is 0 Å². The summed E-state index contributed by atoms with van der Waals surface area (Å²) in [6.45, 7) is 13.6. The molecule has 0 heterocycles. The second-order valence-corrected chi connectivity index (χ2v) is 15.3. The molecule has 0 saturated heterocycles. The molecule has 0 saturated carbocycles. The molecule has 2 atom stereocenters. The Kier molecular flexibility index (Phi) is 9.87. The van der Waals surface area contributed by atoms with E-state index in [2.05, 4.69) is 175 Å². The Hall–Kier alpha value is -3.98. The molecule has 0 fully saturated rings. The van der Waals surface area contributed by atoms with Gasteiger partial charge in [-0.05, 0) is 132 Å². The van der Waals surface area contributed by atoms with Crippen molar-refractivity contribution in [2.75, 3.05) is 0 Å². The van der Waals surface area contributed by atoms with Crippen LogP contribution < -0.4 is 0 Å². The zero-order valence-electron chi connectivity index (χ0n) is 27.7. The van der Waals surface area contributed by atoms with Crippen LogP contribution in [0.25, 0.3) is 44.5 Å². The summed E-state index contributed by atoms with van der Waals surface area (Å²) in [6, 6.07) is 49.1. The van der Waals surface area contributed by atoms with Crippen LogP contribution >= 0.6 is 21.6 Å². The average Bonchev–Trinajstić information content (AvgIpc) is 3.07. The minimum atomic E-state index is 0.307. The summed E-state index contributed by atoms with van der Waals surface area (Å²) in [6.07, 6.45) is 0. The lowest BCUT2D eigenvalue weighted by Crippen LogP contribution is -1.97. The Morgan fingerprint density at radius 3 is 0.978 bits per heavy atom. The first-order chi connectivity index (χ1) is 22.3. The van der Waals surface area contributed by atoms with Gasteiger partial charge in [0, 0.05) is 10.5 Å². The summed E-state index contributed by atoms with van der Waals surface area (Å²) in [4.78, 5) is 0. The second kappa shape index (κ2) is 14.2. The predicted molar refractivity (Wildman–Crippen MR) is 206 cm³/mol. The highest BCUT2D eigenvalue weighted by Gasteiger charge is 2.20. The van der Waals surface area contributed by atoms with Crippen LogP contribution in [0.5, 0.6) is 0 Å². The second-order valence-electron chi connectivity index (χ2n) is 12.3. The van der Waals surface area contributed by atoms with Gasteiger partial charge in [0.15, 0.2) is 0 Å². The minimum Gasteiger partial charge on any atom is -0.0856 e. The van der Waals surface area contributed by atoms with Gasteiger partial charge in [0.2, 0.25) is 0 Å². The van der Waals surface area contributed by atoms with Crippen LogP contribution in [0.15, 0.2) is 133 Å². The van der Waals surface area contributed by atoms with E-state index >= 15 is 0 Å². The van der Waals surface area contributed by atoms with Gasteiger partial charge in [-0.25, -0.2) is 0 Å². The molecule has 6 aromatic carbocycles. The van der Waals surface area contributed by atoms with Crippen molar-refractivity contribution in [1.29, 1.82) is 0 Å². The summed E-state index contributed by atoms with van der Waals surface area (Å²) in [5.41, 5.74) is 18.4. The van der Waals surface area contributed by atoms with Crippen molar-refractivity contribution in [3.63, 3.8) is 0 Å². The standard InChI is InChI=1S/C44H42S2/c1-29-15-7-11-19-37(29)35-23-25-41(43(27-35)39-21-13-9-17-31(39)3)33(5)45-46-34(6)42-26-24-36(38-20-12-8-16-30(38)2)28-44(42)40-22-14-10-18-32(40)4/h7-28,33-34H,1-6H3/t33-,34-/m1/s1. The first kappa shape index (κ1) is 32.0. The fraction of sp³-hybridized carbons (Fsp3) is 0.182. The molecular formula is C44H42S2. The normalized spacial score (nSPS) is 12.6. The number of aryl methyl sites for hydroxylation is 4. The molecule has 0 bridgehead atoms. The third-order valence-corrected chi connectivity index (χ3v) is 12.4. The van der Waals surface area contributed by atoms with Crippen molar-refractivity contribution < 1.29 is 0 Å². The average molecular weight is 635 g/mol. The summed E-state index contributed by atoms with van der Waals surface area (Å²) in [5, 5.41) is 0.613. The summed E-state index contributed by atoms with van der Waals surface area (Å²) in [7, 11) is 3.96. The summed E-state index contributed by atoms with van der Waals surface area (Å²) in [5.74, 6) is 0. The zero-order valence-corrected chi connectivity index (χ0v) is 29.3. The lowest BCUT2D eigenvalue weighted by molar-refractivity contribution is 1.10. The maximum atomic E-state index is 2.41. The van der Waals surface area contributed by atoms with Crippen molar-refractivity contribution in [3.8, 4) is 44.5 Å². The highest BCUT2D eigenvalue weighted by molar-refractivity contribution is 8.76. The monoisotopic (exact) mass is 634 g/mol. The molecule has 0 N–H and O–H groups in total. The first-order valence-corrected chi connectivity index (χ1v) is 18.4. The summed E-state index contributed by atoms with van der Waals surface area (Å²) >= 11 is 0. The lowest BCUT2D eigenvalue weighted by Gasteiger charge is -2.22. The maximum absolute atomic E-state index is 2.41. The smallest absolute Gasteiger partial charge is 0.0379 e. The highest BCUT2D eigenvalue weighted by atomic mass is 33.1. The van der Waals surface area contributed by atoms with Crippen molar-refractivity contribution >= 4 is 21.6 Å². The van der Waals surface area contributed by atoms with Crippen LogP contribution in [0.1, 0.15) is 57.7 Å². The quantitative estimate of drug-likeness (QED) is 0.145. The van der Waals surface area contributed by atoms with E-state index in [-0.39, 0.29) is 0 Å². The van der Waals surface area contributed by atoms with Crippen LogP contribution in [0, 0.1) is 27.7 Å². The molecule has 230 valence electrons. The van der Waals surface area contributed by atoms with Gasteiger partial charge in [-0.3, -0.25) is 0 Å². The Morgan fingerprint density at radius 1 is 0.348 bits per heavy atom. The number of rotatable bonds is 9. The van der Waals surface area contributed by atoms with Crippen LogP contribution in [-0.4, -0.2) is 0 Å². The van der Waals surface area contributed by atoms with E-state index in [1.165, 1.54) is 77.9 Å². The van der Waals surface area contributed by atoms with E-state index in [9.17, 15) is 0 Å². The van der Waals surface area contributed by atoms with E-state index in [1.54, 1.807) is 0 Å². The van der Waals surface area contributed by atoms with Crippen LogP contribution in [0.3, 0.4) is 0 Å². The van der Waals surface area contributed by atoms with E-state index in [0.29, 0.717) is 10.5 Å². The Morgan fingerprint density at radius 2 is 0.652 bits per heavy atom. The Labute approximate surface area is 283 Å². The Balaban J connectivity index is 1.33. The third kappa shape index (κ3) is 6.75. The van der Waals surface area contributed by atoms with Crippen molar-refractivity contribution in [2.45, 2.75) is 52.0 Å².